The lowest BCUT2D eigenvalue weighted by Gasteiger charge is -2.30. The summed E-state index contributed by atoms with van der Waals surface area (Å²) >= 11 is 0. The summed E-state index contributed by atoms with van der Waals surface area (Å²) in [5.41, 5.74) is 5.86. The van der Waals surface area contributed by atoms with Gasteiger partial charge in [-0.05, 0) is 38.5 Å². The Balaban J connectivity index is 0. The molecule has 0 aliphatic heterocycles. The molecular weight excluding hydrogens is 231 g/mol. The molecule has 0 aromatic carbocycles. The first-order chi connectivity index (χ1) is 6.26. The molecule has 0 aromatic rings. The van der Waals surface area contributed by atoms with Crippen molar-refractivity contribution < 1.29 is 0 Å². The minimum atomic E-state index is 0. The van der Waals surface area contributed by atoms with Crippen LogP contribution in [0.3, 0.4) is 0 Å². The Bertz CT molecular complexity index is 133. The third-order valence-electron chi connectivity index (χ3n) is 3.23. The van der Waals surface area contributed by atoms with Crippen LogP contribution in [0.5, 0.6) is 0 Å². The van der Waals surface area contributed by atoms with Crippen LogP contribution in [0, 0.1) is 0 Å². The van der Waals surface area contributed by atoms with Crippen molar-refractivity contribution in [2.45, 2.75) is 70.5 Å². The molecule has 0 aromatic heterocycles. The second-order valence-electron chi connectivity index (χ2n) is 4.29. The molecule has 0 atom stereocenters. The Labute approximate surface area is 107 Å². The summed E-state index contributed by atoms with van der Waals surface area (Å²) in [6, 6.07) is 1.93. The summed E-state index contributed by atoms with van der Waals surface area (Å²) < 4.78 is 0. The second kappa shape index (κ2) is 9.71. The van der Waals surface area contributed by atoms with E-state index in [1.54, 1.807) is 0 Å². The Morgan fingerprint density at radius 2 is 1.53 bits per heavy atom. The summed E-state index contributed by atoms with van der Waals surface area (Å²) in [4.78, 5) is 0. The molecule has 15 heavy (non-hydrogen) atoms. The largest absolute Gasteiger partial charge is 0.328 e. The van der Waals surface area contributed by atoms with E-state index in [0.717, 1.165) is 12.1 Å². The van der Waals surface area contributed by atoms with Crippen molar-refractivity contribution in [3.63, 3.8) is 0 Å². The van der Waals surface area contributed by atoms with E-state index in [0.29, 0.717) is 6.04 Å². The summed E-state index contributed by atoms with van der Waals surface area (Å²) in [6.45, 7) is 4.52. The van der Waals surface area contributed by atoms with Gasteiger partial charge in [0, 0.05) is 18.1 Å². The van der Waals surface area contributed by atoms with Gasteiger partial charge in [0.25, 0.3) is 0 Å². The summed E-state index contributed by atoms with van der Waals surface area (Å²) in [5.74, 6) is 0. The third kappa shape index (κ3) is 6.62. The van der Waals surface area contributed by atoms with Crippen molar-refractivity contribution in [1.82, 2.24) is 5.32 Å². The van der Waals surface area contributed by atoms with Crippen molar-refractivity contribution in [2.75, 3.05) is 0 Å². The van der Waals surface area contributed by atoms with E-state index in [1.165, 1.54) is 38.5 Å². The Morgan fingerprint density at radius 1 is 1.07 bits per heavy atom. The van der Waals surface area contributed by atoms with Crippen molar-refractivity contribution in [1.29, 1.82) is 0 Å². The minimum Gasteiger partial charge on any atom is -0.328 e. The van der Waals surface area contributed by atoms with Gasteiger partial charge in [0.15, 0.2) is 0 Å². The number of hydrogen-bond donors (Lipinski definition) is 2. The van der Waals surface area contributed by atoms with E-state index in [9.17, 15) is 0 Å². The van der Waals surface area contributed by atoms with Crippen LogP contribution in [0.1, 0.15) is 52.4 Å². The fourth-order valence-corrected chi connectivity index (χ4v) is 2.14. The fraction of sp³-hybridized carbons (Fsp3) is 1.00. The van der Waals surface area contributed by atoms with Crippen molar-refractivity contribution in [2.24, 2.45) is 5.73 Å². The molecule has 0 unspecified atom stereocenters. The van der Waals surface area contributed by atoms with Gasteiger partial charge in [0.1, 0.15) is 0 Å². The molecule has 1 rings (SSSR count). The zero-order chi connectivity index (χ0) is 9.68. The minimum absolute atomic E-state index is 0. The summed E-state index contributed by atoms with van der Waals surface area (Å²) in [5, 5.41) is 3.72. The van der Waals surface area contributed by atoms with E-state index in [4.69, 9.17) is 5.73 Å². The highest BCUT2D eigenvalue weighted by Crippen LogP contribution is 2.18. The van der Waals surface area contributed by atoms with Gasteiger partial charge >= 0.3 is 0 Å². The fourth-order valence-electron chi connectivity index (χ4n) is 2.14. The summed E-state index contributed by atoms with van der Waals surface area (Å²) in [6.07, 6.45) is 7.46. The molecule has 1 fully saturated rings. The lowest BCUT2D eigenvalue weighted by atomic mass is 9.91. The maximum absolute atomic E-state index is 5.86. The molecule has 1 aliphatic carbocycles. The number of halogens is 2. The first-order valence-corrected chi connectivity index (χ1v) is 5.77. The molecular formula is C11H26Cl2N2. The van der Waals surface area contributed by atoms with Gasteiger partial charge in [-0.3, -0.25) is 0 Å². The van der Waals surface area contributed by atoms with E-state index in [1.807, 2.05) is 0 Å². The highest BCUT2D eigenvalue weighted by Gasteiger charge is 2.19. The van der Waals surface area contributed by atoms with Crippen LogP contribution in [-0.4, -0.2) is 18.1 Å². The van der Waals surface area contributed by atoms with Crippen LogP contribution in [-0.2, 0) is 0 Å². The SMILES string of the molecule is CCC(CC)NC1CCC(N)CC1.Cl.Cl. The van der Waals surface area contributed by atoms with Gasteiger partial charge < -0.3 is 11.1 Å². The molecule has 94 valence electrons. The normalized spacial score (nSPS) is 25.6. The van der Waals surface area contributed by atoms with E-state index in [2.05, 4.69) is 19.2 Å². The topological polar surface area (TPSA) is 38.0 Å². The molecule has 0 spiro atoms. The van der Waals surface area contributed by atoms with Crippen LogP contribution in [0.15, 0.2) is 0 Å². The second-order valence-corrected chi connectivity index (χ2v) is 4.29. The van der Waals surface area contributed by atoms with E-state index in [-0.39, 0.29) is 24.8 Å². The molecule has 0 heterocycles. The highest BCUT2D eigenvalue weighted by molar-refractivity contribution is 5.85. The van der Waals surface area contributed by atoms with Crippen LogP contribution in [0.4, 0.5) is 0 Å². The molecule has 2 nitrogen and oxygen atoms in total. The van der Waals surface area contributed by atoms with Gasteiger partial charge in [0.2, 0.25) is 0 Å². The predicted molar refractivity (Wildman–Crippen MR) is 72.2 cm³/mol. The monoisotopic (exact) mass is 256 g/mol. The summed E-state index contributed by atoms with van der Waals surface area (Å²) in [7, 11) is 0. The molecule has 0 bridgehead atoms. The van der Waals surface area contributed by atoms with Crippen molar-refractivity contribution in [3.05, 3.63) is 0 Å². The first-order valence-electron chi connectivity index (χ1n) is 5.77. The molecule has 1 saturated carbocycles. The zero-order valence-corrected chi connectivity index (χ0v) is 11.5. The molecule has 1 aliphatic rings. The molecule has 0 saturated heterocycles. The molecule has 3 N–H and O–H groups in total. The standard InChI is InChI=1S/C11H24N2.2ClH/c1-3-10(4-2)13-11-7-5-9(12)6-8-11;;/h9-11,13H,3-8,12H2,1-2H3;2*1H. The lowest BCUT2D eigenvalue weighted by molar-refractivity contribution is 0.307. The number of hydrogen-bond acceptors (Lipinski definition) is 2. The number of nitrogens with two attached hydrogens (primary N) is 1. The van der Waals surface area contributed by atoms with Gasteiger partial charge in [-0.2, -0.15) is 0 Å². The maximum Gasteiger partial charge on any atom is 0.00708 e. The van der Waals surface area contributed by atoms with Crippen molar-refractivity contribution >= 4 is 24.8 Å². The van der Waals surface area contributed by atoms with Crippen LogP contribution >= 0.6 is 24.8 Å². The molecule has 0 radical (unpaired) electrons. The van der Waals surface area contributed by atoms with Crippen LogP contribution < -0.4 is 11.1 Å². The van der Waals surface area contributed by atoms with E-state index < -0.39 is 0 Å². The Morgan fingerprint density at radius 3 is 1.93 bits per heavy atom. The third-order valence-corrected chi connectivity index (χ3v) is 3.23. The smallest absolute Gasteiger partial charge is 0.00708 e. The van der Waals surface area contributed by atoms with Crippen molar-refractivity contribution in [3.8, 4) is 0 Å². The highest BCUT2D eigenvalue weighted by atomic mass is 35.5. The molecule has 4 heteroatoms. The number of nitrogens with one attached hydrogen (secondary N) is 1. The van der Waals surface area contributed by atoms with Gasteiger partial charge in [-0.15, -0.1) is 24.8 Å². The molecule has 0 amide bonds. The average molecular weight is 257 g/mol. The van der Waals surface area contributed by atoms with E-state index >= 15 is 0 Å². The predicted octanol–water partition coefficient (Wildman–Crippen LogP) is 2.88. The van der Waals surface area contributed by atoms with Gasteiger partial charge in [-0.25, -0.2) is 0 Å². The number of rotatable bonds is 4. The maximum atomic E-state index is 5.86. The lowest BCUT2D eigenvalue weighted by Crippen LogP contribution is -2.42. The van der Waals surface area contributed by atoms with Crippen LogP contribution in [0.2, 0.25) is 0 Å². The van der Waals surface area contributed by atoms with Gasteiger partial charge in [-0.1, -0.05) is 13.8 Å². The van der Waals surface area contributed by atoms with Gasteiger partial charge in [0.05, 0.1) is 0 Å². The zero-order valence-electron chi connectivity index (χ0n) is 9.87. The van der Waals surface area contributed by atoms with Crippen LogP contribution in [0.25, 0.3) is 0 Å². The Hall–Kier alpha value is 0.500. The quantitative estimate of drug-likeness (QED) is 0.812. The first kappa shape index (κ1) is 17.9. The average Bonchev–Trinajstić information content (AvgIpc) is 2.17. The Kier molecular flexibility index (Phi) is 11.6.